The Morgan fingerprint density at radius 2 is 0.958 bits per heavy atom. The number of carbonyl (C=O) groups excluding carboxylic acids is 8. The van der Waals surface area contributed by atoms with Gasteiger partial charge in [-0.15, -0.1) is 0 Å². The molecular weight excluding hydrogens is 957 g/mol. The zero-order valence-corrected chi connectivity index (χ0v) is 41.4. The summed E-state index contributed by atoms with van der Waals surface area (Å²) < 4.78 is 0. The lowest BCUT2D eigenvalue weighted by atomic mass is 9.96. The molecule has 0 aromatic heterocycles. The maximum absolute atomic E-state index is 14.0. The van der Waals surface area contributed by atoms with Crippen LogP contribution in [0.3, 0.4) is 0 Å². The van der Waals surface area contributed by atoms with Gasteiger partial charge in [-0.25, -0.2) is 4.79 Å². The number of hydrogen-bond acceptors (Lipinski definition) is 15. The molecule has 0 fully saturated rings. The van der Waals surface area contributed by atoms with Crippen LogP contribution in [0.2, 0.25) is 0 Å². The molecule has 0 spiro atoms. The minimum Gasteiger partial charge on any atom is -0.481 e. The van der Waals surface area contributed by atoms with Crippen LogP contribution in [0.25, 0.3) is 0 Å². The van der Waals surface area contributed by atoms with Crippen LogP contribution in [-0.4, -0.2) is 171 Å². The van der Waals surface area contributed by atoms with Crippen molar-refractivity contribution in [1.29, 1.82) is 0 Å². The Morgan fingerprint density at radius 1 is 0.528 bits per heavy atom. The van der Waals surface area contributed by atoms with E-state index in [0.717, 1.165) is 0 Å². The molecule has 19 N–H and O–H groups in total. The van der Waals surface area contributed by atoms with Gasteiger partial charge in [0, 0.05) is 25.8 Å². The van der Waals surface area contributed by atoms with Crippen LogP contribution in [-0.2, 0) is 57.5 Å². The van der Waals surface area contributed by atoms with Gasteiger partial charge in [0.05, 0.1) is 19.2 Å². The molecule has 0 unspecified atom stereocenters. The second-order valence-corrected chi connectivity index (χ2v) is 17.7. The summed E-state index contributed by atoms with van der Waals surface area (Å²) in [5.41, 5.74) is 16.7. The summed E-state index contributed by atoms with van der Waals surface area (Å²) in [6.45, 7) is 8.11. The maximum Gasteiger partial charge on any atom is 0.328 e. The highest BCUT2D eigenvalue weighted by Crippen LogP contribution is 2.13. The Morgan fingerprint density at radius 3 is 1.39 bits per heavy atom. The second kappa shape index (κ2) is 33.4. The van der Waals surface area contributed by atoms with Gasteiger partial charge in [0.1, 0.15) is 42.3 Å². The molecular formula is C43H74N12O17. The number of aliphatic imine (C=N–C) groups is 1. The summed E-state index contributed by atoms with van der Waals surface area (Å²) in [6, 6.07) is -12.0. The van der Waals surface area contributed by atoms with E-state index in [-0.39, 0.29) is 31.3 Å². The fourth-order valence-corrected chi connectivity index (χ4v) is 6.50. The van der Waals surface area contributed by atoms with Crippen LogP contribution in [0.4, 0.5) is 0 Å². The highest BCUT2D eigenvalue weighted by molar-refractivity contribution is 5.98. The number of amides is 8. The predicted molar refractivity (Wildman–Crippen MR) is 253 cm³/mol. The van der Waals surface area contributed by atoms with Gasteiger partial charge >= 0.3 is 23.9 Å². The third-order valence-corrected chi connectivity index (χ3v) is 10.8. The lowest BCUT2D eigenvalue weighted by molar-refractivity contribution is -0.143. The topological polar surface area (TPSA) is 493 Å². The normalized spacial score (nSPS) is 14.8. The van der Waals surface area contributed by atoms with Crippen LogP contribution in [0, 0.1) is 17.8 Å². The van der Waals surface area contributed by atoms with E-state index >= 15 is 0 Å². The number of rotatable bonds is 36. The van der Waals surface area contributed by atoms with Gasteiger partial charge < -0.3 is 85.3 Å². The van der Waals surface area contributed by atoms with E-state index in [1.807, 2.05) is 5.32 Å². The number of nitrogens with one attached hydrogen (secondary N) is 8. The molecule has 8 amide bonds. The maximum atomic E-state index is 14.0. The number of carboxylic acids is 4. The molecule has 29 heteroatoms. The molecule has 0 aromatic carbocycles. The highest BCUT2D eigenvalue weighted by Gasteiger charge is 2.36. The number of guanidine groups is 1. The van der Waals surface area contributed by atoms with Crippen LogP contribution in [0.1, 0.15) is 106 Å². The molecule has 0 aliphatic carbocycles. The summed E-state index contributed by atoms with van der Waals surface area (Å²) >= 11 is 0. The third kappa shape index (κ3) is 26.2. The molecule has 0 aliphatic heterocycles. The number of carboxylic acid groups (broad SMARTS) is 4. The van der Waals surface area contributed by atoms with Crippen molar-refractivity contribution in [3.05, 3.63) is 0 Å². The second-order valence-electron chi connectivity index (χ2n) is 17.7. The number of aliphatic carboxylic acids is 4. The Balaban J connectivity index is 6.54. The predicted octanol–water partition coefficient (Wildman–Crippen LogP) is -4.70. The van der Waals surface area contributed by atoms with Crippen molar-refractivity contribution < 1.29 is 83.1 Å². The minimum absolute atomic E-state index is 0.103. The minimum atomic E-state index is -1.74. The molecule has 408 valence electrons. The van der Waals surface area contributed by atoms with Crippen molar-refractivity contribution in [2.75, 3.05) is 19.7 Å². The third-order valence-electron chi connectivity index (χ3n) is 10.8. The van der Waals surface area contributed by atoms with Crippen LogP contribution in [0.15, 0.2) is 4.99 Å². The Bertz CT molecular complexity index is 1930. The molecule has 0 saturated heterocycles. The van der Waals surface area contributed by atoms with E-state index in [4.69, 9.17) is 27.4 Å². The first-order valence-electron chi connectivity index (χ1n) is 23.2. The van der Waals surface area contributed by atoms with E-state index in [0.29, 0.717) is 12.8 Å². The van der Waals surface area contributed by atoms with Gasteiger partial charge in [-0.1, -0.05) is 48.0 Å². The first kappa shape index (κ1) is 64.8. The van der Waals surface area contributed by atoms with Crippen LogP contribution >= 0.6 is 0 Å². The van der Waals surface area contributed by atoms with Gasteiger partial charge in [0.15, 0.2) is 5.96 Å². The van der Waals surface area contributed by atoms with Crippen molar-refractivity contribution in [3.63, 3.8) is 0 Å². The molecule has 0 rings (SSSR count). The zero-order valence-electron chi connectivity index (χ0n) is 41.4. The number of aliphatic hydroxyl groups is 1. The SMILES string of the molecule is CC[C@H](C)[C@H](NC(=O)[C@@H](N)CCCN=C(N)N)C(=O)N[C@@H](CCC(=O)O)C(=O)N[C@H](C(=O)N[C@@H](CC(C)C)C(=O)N[C@@H](CCC(=O)O)C(=O)N[C@@H](CCC(=O)O)C(=O)NCC(=O)N[C@@H](CO)C(=O)O)C(C)C. The zero-order chi connectivity index (χ0) is 55.4. The molecule has 9 atom stereocenters. The van der Waals surface area contributed by atoms with E-state index in [1.54, 1.807) is 27.7 Å². The molecule has 29 nitrogen and oxygen atoms in total. The Hall–Kier alpha value is -7.17. The van der Waals surface area contributed by atoms with Gasteiger partial charge in [-0.05, 0) is 56.3 Å². The summed E-state index contributed by atoms with van der Waals surface area (Å²) in [5, 5.41) is 65.1. The van der Waals surface area contributed by atoms with Gasteiger partial charge in [0.2, 0.25) is 47.3 Å². The van der Waals surface area contributed by atoms with Crippen molar-refractivity contribution in [2.24, 2.45) is 39.9 Å². The lowest BCUT2D eigenvalue weighted by Gasteiger charge is -2.30. The number of carbonyl (C=O) groups is 12. The fraction of sp³-hybridized carbons (Fsp3) is 0.698. The van der Waals surface area contributed by atoms with E-state index < -0.39 is 183 Å². The molecule has 0 bridgehead atoms. The molecule has 0 heterocycles. The van der Waals surface area contributed by atoms with Crippen LogP contribution < -0.4 is 59.7 Å². The van der Waals surface area contributed by atoms with Gasteiger partial charge in [0.25, 0.3) is 0 Å². The highest BCUT2D eigenvalue weighted by atomic mass is 16.4. The summed E-state index contributed by atoms with van der Waals surface area (Å²) in [4.78, 5) is 157. The van der Waals surface area contributed by atoms with E-state index in [2.05, 4.69) is 42.2 Å². The van der Waals surface area contributed by atoms with Gasteiger partial charge in [-0.2, -0.15) is 0 Å². The van der Waals surface area contributed by atoms with Gasteiger partial charge in [-0.3, -0.25) is 57.7 Å². The van der Waals surface area contributed by atoms with Crippen molar-refractivity contribution in [2.45, 2.75) is 154 Å². The molecule has 0 radical (unpaired) electrons. The average Bonchev–Trinajstić information content (AvgIpc) is 3.29. The molecule has 0 aliphatic rings. The summed E-state index contributed by atoms with van der Waals surface area (Å²) in [5.74, 6) is -15.4. The molecule has 0 saturated carbocycles. The molecule has 72 heavy (non-hydrogen) atoms. The Kier molecular flexibility index (Phi) is 30.1. The first-order chi connectivity index (χ1) is 33.5. The van der Waals surface area contributed by atoms with E-state index in [1.165, 1.54) is 13.8 Å². The van der Waals surface area contributed by atoms with Crippen molar-refractivity contribution >= 4 is 77.1 Å². The smallest absolute Gasteiger partial charge is 0.328 e. The number of hydrogen-bond donors (Lipinski definition) is 16. The largest absolute Gasteiger partial charge is 0.481 e. The fourth-order valence-electron chi connectivity index (χ4n) is 6.50. The quantitative estimate of drug-likeness (QED) is 0.0159. The average molecular weight is 1030 g/mol. The monoisotopic (exact) mass is 1030 g/mol. The summed E-state index contributed by atoms with van der Waals surface area (Å²) in [7, 11) is 0. The number of nitrogens with two attached hydrogens (primary N) is 3. The Labute approximate surface area is 415 Å². The van der Waals surface area contributed by atoms with E-state index in [9.17, 15) is 72.9 Å². The summed E-state index contributed by atoms with van der Waals surface area (Å²) in [6.07, 6.45) is -2.93. The first-order valence-corrected chi connectivity index (χ1v) is 23.2. The standard InChI is InChI=1S/C43H74N12O17/c1-7-22(6)34(55-35(64)23(44)9-8-16-47-43(45)46)41(70)52-26(12-15-32(62)63)38(67)54-33(21(4)5)40(69)53-27(17-20(2)3)39(68)51-25(11-14-31(60)61)37(66)50-24(10-13-30(58)59)36(65)48-18-29(57)49-28(19-56)42(71)72/h20-28,33-34,56H,7-19,44H2,1-6H3,(H,48,65)(H,49,57)(H,50,66)(H,51,68)(H,52,70)(H,53,69)(H,54,67)(H,55,64)(H,58,59)(H,60,61)(H,62,63)(H,71,72)(H4,45,46,47)/t22-,23-,24-,25-,26-,27-,28-,33-,34-/m0/s1. The van der Waals surface area contributed by atoms with Crippen molar-refractivity contribution in [3.8, 4) is 0 Å². The number of nitrogens with zero attached hydrogens (tertiary/aromatic N) is 1. The van der Waals surface area contributed by atoms with Crippen LogP contribution in [0.5, 0.6) is 0 Å². The van der Waals surface area contributed by atoms with Crippen molar-refractivity contribution in [1.82, 2.24) is 42.5 Å². The lowest BCUT2D eigenvalue weighted by Crippen LogP contribution is -2.61. The number of aliphatic hydroxyl groups excluding tert-OH is 1. The molecule has 0 aromatic rings.